The number of nitrogens with zero attached hydrogens (tertiary/aromatic N) is 2. The minimum Gasteiger partial charge on any atom is -0.496 e. The van der Waals surface area contributed by atoms with Gasteiger partial charge in [-0.05, 0) is 42.6 Å². The Morgan fingerprint density at radius 3 is 2.88 bits per heavy atom. The molecule has 164 valence electrons. The Morgan fingerprint density at radius 2 is 2.09 bits per heavy atom. The predicted octanol–water partition coefficient (Wildman–Crippen LogP) is 4.04. The number of nitrogens with one attached hydrogen (secondary N) is 1. The van der Waals surface area contributed by atoms with Gasteiger partial charge in [-0.1, -0.05) is 18.2 Å². The highest BCUT2D eigenvalue weighted by Gasteiger charge is 2.48. The summed E-state index contributed by atoms with van der Waals surface area (Å²) in [7, 11) is 1.60. The summed E-state index contributed by atoms with van der Waals surface area (Å²) >= 11 is 1.57. The SMILES string of the molecule is COc1ccccc1CNC(=O)C1(C)Cn2c(cc3ccsc32)C(=O)N1Cc1ccco1. The second-order valence-electron chi connectivity index (χ2n) is 8.04. The third-order valence-corrected chi connectivity index (χ3v) is 7.00. The number of thiophene rings is 1. The molecular weight excluding hydrogens is 426 g/mol. The number of amides is 2. The average Bonchev–Trinajstić information content (AvgIpc) is 3.54. The summed E-state index contributed by atoms with van der Waals surface area (Å²) in [6.07, 6.45) is 1.57. The average molecular weight is 450 g/mol. The van der Waals surface area contributed by atoms with Crippen molar-refractivity contribution in [1.29, 1.82) is 0 Å². The van der Waals surface area contributed by atoms with Gasteiger partial charge in [-0.25, -0.2) is 0 Å². The van der Waals surface area contributed by atoms with Crippen LogP contribution in [0.2, 0.25) is 0 Å². The molecule has 1 aromatic carbocycles. The van der Waals surface area contributed by atoms with Crippen molar-refractivity contribution in [2.24, 2.45) is 0 Å². The van der Waals surface area contributed by atoms with E-state index >= 15 is 0 Å². The van der Waals surface area contributed by atoms with Crippen LogP contribution in [0.4, 0.5) is 0 Å². The van der Waals surface area contributed by atoms with Crippen LogP contribution in [0.1, 0.15) is 28.7 Å². The first-order chi connectivity index (χ1) is 15.5. The molecule has 0 bridgehead atoms. The molecule has 1 N–H and O–H groups in total. The van der Waals surface area contributed by atoms with E-state index in [9.17, 15) is 9.59 Å². The maximum Gasteiger partial charge on any atom is 0.271 e. The van der Waals surface area contributed by atoms with Crippen LogP contribution in [0.25, 0.3) is 10.2 Å². The molecular formula is C24H23N3O4S. The van der Waals surface area contributed by atoms with E-state index in [1.54, 1.807) is 35.7 Å². The van der Waals surface area contributed by atoms with Crippen LogP contribution in [-0.4, -0.2) is 33.9 Å². The number of carbonyl (C=O) groups is 2. The predicted molar refractivity (Wildman–Crippen MR) is 122 cm³/mol. The van der Waals surface area contributed by atoms with Crippen molar-refractivity contribution in [3.63, 3.8) is 0 Å². The van der Waals surface area contributed by atoms with Crippen molar-refractivity contribution in [1.82, 2.24) is 14.8 Å². The minimum absolute atomic E-state index is 0.189. The third kappa shape index (κ3) is 3.27. The van der Waals surface area contributed by atoms with Crippen molar-refractivity contribution < 1.29 is 18.7 Å². The molecule has 1 unspecified atom stereocenters. The van der Waals surface area contributed by atoms with Gasteiger partial charge in [0.1, 0.15) is 27.6 Å². The monoisotopic (exact) mass is 449 g/mol. The molecule has 0 spiro atoms. The normalized spacial score (nSPS) is 18.1. The number of benzene rings is 1. The zero-order valence-corrected chi connectivity index (χ0v) is 18.6. The fraction of sp³-hybridized carbons (Fsp3) is 0.250. The molecule has 1 atom stereocenters. The highest BCUT2D eigenvalue weighted by Crippen LogP contribution is 2.35. The number of ether oxygens (including phenoxy) is 1. The summed E-state index contributed by atoms with van der Waals surface area (Å²) in [5, 5.41) is 6.03. The first-order valence-corrected chi connectivity index (χ1v) is 11.2. The highest BCUT2D eigenvalue weighted by molar-refractivity contribution is 7.16. The lowest BCUT2D eigenvalue weighted by molar-refractivity contribution is -0.133. The summed E-state index contributed by atoms with van der Waals surface area (Å²) in [6.45, 7) is 2.68. The zero-order valence-electron chi connectivity index (χ0n) is 17.8. The minimum atomic E-state index is -1.10. The first-order valence-electron chi connectivity index (χ1n) is 10.3. The molecule has 8 heteroatoms. The fourth-order valence-electron chi connectivity index (χ4n) is 4.28. The van der Waals surface area contributed by atoms with Crippen LogP contribution in [0.3, 0.4) is 0 Å². The molecule has 0 aliphatic carbocycles. The molecule has 3 aromatic heterocycles. The van der Waals surface area contributed by atoms with Gasteiger partial charge in [-0.2, -0.15) is 0 Å². The molecule has 7 nitrogen and oxygen atoms in total. The summed E-state index contributed by atoms with van der Waals surface area (Å²) in [6, 6.07) is 15.0. The second-order valence-corrected chi connectivity index (χ2v) is 8.93. The number of para-hydroxylation sites is 1. The molecule has 1 aliphatic rings. The van der Waals surface area contributed by atoms with E-state index in [4.69, 9.17) is 9.15 Å². The van der Waals surface area contributed by atoms with Crippen LogP contribution >= 0.6 is 11.3 Å². The van der Waals surface area contributed by atoms with E-state index in [-0.39, 0.29) is 18.4 Å². The lowest BCUT2D eigenvalue weighted by atomic mass is 9.94. The number of rotatable bonds is 6. The van der Waals surface area contributed by atoms with Crippen molar-refractivity contribution in [2.75, 3.05) is 7.11 Å². The Morgan fingerprint density at radius 1 is 1.25 bits per heavy atom. The second kappa shape index (κ2) is 7.87. The van der Waals surface area contributed by atoms with Gasteiger partial charge < -0.3 is 23.9 Å². The van der Waals surface area contributed by atoms with Crippen LogP contribution < -0.4 is 10.1 Å². The van der Waals surface area contributed by atoms with Crippen molar-refractivity contribution in [3.05, 3.63) is 77.2 Å². The Labute approximate surface area is 189 Å². The van der Waals surface area contributed by atoms with Crippen LogP contribution in [0, 0.1) is 0 Å². The maximum absolute atomic E-state index is 13.6. The van der Waals surface area contributed by atoms with E-state index in [0.717, 1.165) is 15.8 Å². The standard InChI is InChI=1S/C24H23N3O4S/c1-24(23(29)25-13-17-6-3-4-8-20(17)30-2)15-26-19(12-16-9-11-32-22(16)26)21(28)27(24)14-18-7-5-10-31-18/h3-12H,13-15H2,1-2H3,(H,25,29). The molecule has 0 fully saturated rings. The van der Waals surface area contributed by atoms with Gasteiger partial charge in [0.2, 0.25) is 5.91 Å². The molecule has 32 heavy (non-hydrogen) atoms. The van der Waals surface area contributed by atoms with Crippen molar-refractivity contribution in [2.45, 2.75) is 32.1 Å². The van der Waals surface area contributed by atoms with E-state index in [1.807, 2.05) is 59.3 Å². The van der Waals surface area contributed by atoms with Gasteiger partial charge in [0.15, 0.2) is 0 Å². The van der Waals surface area contributed by atoms with Gasteiger partial charge in [-0.3, -0.25) is 9.59 Å². The van der Waals surface area contributed by atoms with Crippen molar-refractivity contribution in [3.8, 4) is 5.75 Å². The van der Waals surface area contributed by atoms with Crippen LogP contribution in [-0.2, 0) is 24.4 Å². The van der Waals surface area contributed by atoms with Gasteiger partial charge in [0.25, 0.3) is 5.91 Å². The molecule has 0 radical (unpaired) electrons. The van der Waals surface area contributed by atoms with E-state index < -0.39 is 5.54 Å². The Hall–Kier alpha value is -3.52. The number of hydrogen-bond donors (Lipinski definition) is 1. The maximum atomic E-state index is 13.6. The van der Waals surface area contributed by atoms with E-state index in [2.05, 4.69) is 5.32 Å². The van der Waals surface area contributed by atoms with Gasteiger partial charge >= 0.3 is 0 Å². The van der Waals surface area contributed by atoms with Gasteiger partial charge in [-0.15, -0.1) is 11.3 Å². The van der Waals surface area contributed by atoms with Gasteiger partial charge in [0, 0.05) is 17.5 Å². The molecule has 0 saturated heterocycles. The summed E-state index contributed by atoms with van der Waals surface area (Å²) < 4.78 is 12.9. The summed E-state index contributed by atoms with van der Waals surface area (Å²) in [4.78, 5) is 29.8. The number of furan rings is 1. The molecule has 5 rings (SSSR count). The lowest BCUT2D eigenvalue weighted by Gasteiger charge is -2.43. The lowest BCUT2D eigenvalue weighted by Crippen LogP contribution is -2.63. The quantitative estimate of drug-likeness (QED) is 0.482. The smallest absolute Gasteiger partial charge is 0.271 e. The first kappa shape index (κ1) is 20.4. The largest absolute Gasteiger partial charge is 0.496 e. The highest BCUT2D eigenvalue weighted by atomic mass is 32.1. The summed E-state index contributed by atoms with van der Waals surface area (Å²) in [5.74, 6) is 0.917. The number of fused-ring (bicyclic) bond motifs is 3. The number of hydrogen-bond acceptors (Lipinski definition) is 5. The van der Waals surface area contributed by atoms with E-state index in [0.29, 0.717) is 30.3 Å². The van der Waals surface area contributed by atoms with Crippen LogP contribution in [0.5, 0.6) is 5.75 Å². The number of carbonyl (C=O) groups excluding carboxylic acids is 2. The molecule has 4 aromatic rings. The van der Waals surface area contributed by atoms with Gasteiger partial charge in [0.05, 0.1) is 26.5 Å². The number of methoxy groups -OCH3 is 1. The number of aromatic nitrogens is 1. The topological polar surface area (TPSA) is 76.7 Å². The molecule has 4 heterocycles. The zero-order chi connectivity index (χ0) is 22.3. The van der Waals surface area contributed by atoms with Crippen molar-refractivity contribution >= 4 is 33.4 Å². The van der Waals surface area contributed by atoms with E-state index in [1.165, 1.54) is 0 Å². The molecule has 0 saturated carbocycles. The summed E-state index contributed by atoms with van der Waals surface area (Å²) in [5.41, 5.74) is 0.358. The fourth-order valence-corrected chi connectivity index (χ4v) is 5.18. The third-order valence-electron chi connectivity index (χ3n) is 6.04. The Balaban J connectivity index is 1.49. The molecule has 2 amide bonds. The van der Waals surface area contributed by atoms with Crippen LogP contribution in [0.15, 0.2) is 64.6 Å². The molecule has 1 aliphatic heterocycles. The Kier molecular flexibility index (Phi) is 5.01. The Bertz CT molecular complexity index is 1290.